The largest absolute Gasteiger partial charge is 0.481 e. The van der Waals surface area contributed by atoms with Gasteiger partial charge in [0.15, 0.2) is 0 Å². The van der Waals surface area contributed by atoms with Crippen molar-refractivity contribution in [1.82, 2.24) is 20.2 Å². The van der Waals surface area contributed by atoms with E-state index in [1.165, 1.54) is 0 Å². The summed E-state index contributed by atoms with van der Waals surface area (Å²) >= 11 is 0. The molecule has 1 aromatic heterocycles. The molecule has 2 heterocycles. The first-order chi connectivity index (χ1) is 17.0. The molecule has 0 saturated heterocycles. The summed E-state index contributed by atoms with van der Waals surface area (Å²) in [6.45, 7) is 0.900. The van der Waals surface area contributed by atoms with Gasteiger partial charge in [-0.15, -0.1) is 0 Å². The number of hydrogen-bond acceptors (Lipinski definition) is 5. The van der Waals surface area contributed by atoms with Gasteiger partial charge in [-0.25, -0.2) is 9.78 Å². The molecule has 1 aliphatic carbocycles. The van der Waals surface area contributed by atoms with Crippen molar-refractivity contribution in [3.8, 4) is 11.1 Å². The number of hydrogen-bond donors (Lipinski definition) is 3. The van der Waals surface area contributed by atoms with Crippen molar-refractivity contribution in [2.45, 2.75) is 37.8 Å². The van der Waals surface area contributed by atoms with E-state index in [-0.39, 0.29) is 31.3 Å². The molecule has 35 heavy (non-hydrogen) atoms. The predicted molar refractivity (Wildman–Crippen MR) is 127 cm³/mol. The third kappa shape index (κ3) is 4.62. The minimum Gasteiger partial charge on any atom is -0.481 e. The second-order valence-electron chi connectivity index (χ2n) is 8.79. The quantitative estimate of drug-likeness (QED) is 0.483. The normalized spacial score (nSPS) is 15.0. The summed E-state index contributed by atoms with van der Waals surface area (Å²) in [5, 5.41) is 11.8. The van der Waals surface area contributed by atoms with Crippen LogP contribution in [0.4, 0.5) is 4.79 Å². The third-order valence-electron chi connectivity index (χ3n) is 6.67. The Morgan fingerprint density at radius 1 is 1.11 bits per heavy atom. The summed E-state index contributed by atoms with van der Waals surface area (Å²) in [4.78, 5) is 46.0. The molecular weight excluding hydrogens is 448 g/mol. The Morgan fingerprint density at radius 3 is 2.49 bits per heavy atom. The van der Waals surface area contributed by atoms with Crippen LogP contribution in [0.1, 0.15) is 41.3 Å². The average molecular weight is 475 g/mol. The molecule has 0 saturated carbocycles. The minimum atomic E-state index is -1.04. The van der Waals surface area contributed by atoms with E-state index in [0.717, 1.165) is 33.6 Å². The standard InChI is InChI=1S/C26H26N4O5/c31-24(32)10-9-22(25(33)30-12-11-21-23(13-30)28-15-27-21)29-26(34)35-14-20-18-7-3-1-5-16(18)17-6-2-4-8-19(17)20/h1-8,15,20,22H,9-14H2,(H,27,28)(H,29,34)(H,31,32). The second-order valence-corrected chi connectivity index (χ2v) is 8.79. The number of carbonyl (C=O) groups is 3. The zero-order valence-corrected chi connectivity index (χ0v) is 19.1. The number of ether oxygens (including phenoxy) is 1. The van der Waals surface area contributed by atoms with Crippen molar-refractivity contribution in [2.24, 2.45) is 0 Å². The molecule has 9 nitrogen and oxygen atoms in total. The lowest BCUT2D eigenvalue weighted by Gasteiger charge is -2.30. The zero-order valence-electron chi connectivity index (χ0n) is 19.1. The van der Waals surface area contributed by atoms with Crippen molar-refractivity contribution in [2.75, 3.05) is 13.2 Å². The van der Waals surface area contributed by atoms with Crippen LogP contribution in [0.3, 0.4) is 0 Å². The number of aromatic amines is 1. The summed E-state index contributed by atoms with van der Waals surface area (Å²) in [5.74, 6) is -1.48. The van der Waals surface area contributed by atoms with Crippen LogP contribution in [0.5, 0.6) is 0 Å². The number of aromatic nitrogens is 2. The van der Waals surface area contributed by atoms with Gasteiger partial charge in [-0.2, -0.15) is 0 Å². The fourth-order valence-corrected chi connectivity index (χ4v) is 4.93. The van der Waals surface area contributed by atoms with E-state index in [4.69, 9.17) is 9.84 Å². The highest BCUT2D eigenvalue weighted by Gasteiger charge is 2.32. The van der Waals surface area contributed by atoms with Crippen LogP contribution < -0.4 is 5.32 Å². The molecule has 9 heteroatoms. The van der Waals surface area contributed by atoms with Gasteiger partial charge in [0.05, 0.1) is 24.3 Å². The van der Waals surface area contributed by atoms with E-state index in [1.54, 1.807) is 11.2 Å². The number of aliphatic carboxylic acids is 1. The number of nitrogens with one attached hydrogen (secondary N) is 2. The molecule has 0 radical (unpaired) electrons. The van der Waals surface area contributed by atoms with Gasteiger partial charge in [-0.3, -0.25) is 9.59 Å². The predicted octanol–water partition coefficient (Wildman–Crippen LogP) is 3.07. The highest BCUT2D eigenvalue weighted by molar-refractivity contribution is 5.86. The SMILES string of the molecule is O=C(O)CCC(NC(=O)OCC1c2ccccc2-c2ccccc21)C(=O)N1CCc2nc[nH]c2C1. The van der Waals surface area contributed by atoms with E-state index < -0.39 is 18.1 Å². The van der Waals surface area contributed by atoms with Crippen LogP contribution in [0, 0.1) is 0 Å². The maximum Gasteiger partial charge on any atom is 0.407 e. The van der Waals surface area contributed by atoms with Crippen LogP contribution in [-0.4, -0.2) is 57.1 Å². The smallest absolute Gasteiger partial charge is 0.407 e. The van der Waals surface area contributed by atoms with Crippen LogP contribution in [0.2, 0.25) is 0 Å². The highest BCUT2D eigenvalue weighted by Crippen LogP contribution is 2.44. The number of amides is 2. The average Bonchev–Trinajstić information content (AvgIpc) is 3.47. The summed E-state index contributed by atoms with van der Waals surface area (Å²) in [6, 6.07) is 15.1. The fraction of sp³-hybridized carbons (Fsp3) is 0.308. The number of rotatable bonds is 7. The molecule has 180 valence electrons. The van der Waals surface area contributed by atoms with Crippen molar-refractivity contribution < 1.29 is 24.2 Å². The van der Waals surface area contributed by atoms with Crippen molar-refractivity contribution >= 4 is 18.0 Å². The monoisotopic (exact) mass is 474 g/mol. The van der Waals surface area contributed by atoms with E-state index in [0.29, 0.717) is 19.5 Å². The molecule has 1 aliphatic heterocycles. The lowest BCUT2D eigenvalue weighted by molar-refractivity contribution is -0.138. The van der Waals surface area contributed by atoms with Gasteiger partial charge in [0.25, 0.3) is 0 Å². The van der Waals surface area contributed by atoms with Crippen molar-refractivity contribution in [1.29, 1.82) is 0 Å². The lowest BCUT2D eigenvalue weighted by Crippen LogP contribution is -2.50. The zero-order chi connectivity index (χ0) is 24.4. The maximum absolute atomic E-state index is 13.2. The van der Waals surface area contributed by atoms with Gasteiger partial charge in [0, 0.05) is 25.3 Å². The molecule has 3 N–H and O–H groups in total. The molecule has 1 atom stereocenters. The van der Waals surface area contributed by atoms with Crippen molar-refractivity contribution in [3.63, 3.8) is 0 Å². The number of benzene rings is 2. The topological polar surface area (TPSA) is 125 Å². The molecule has 1 unspecified atom stereocenters. The highest BCUT2D eigenvalue weighted by atomic mass is 16.5. The number of carbonyl (C=O) groups excluding carboxylic acids is 2. The number of alkyl carbamates (subject to hydrolysis) is 1. The molecular formula is C26H26N4O5. The molecule has 0 bridgehead atoms. The molecule has 3 aromatic rings. The second kappa shape index (κ2) is 9.61. The summed E-state index contributed by atoms with van der Waals surface area (Å²) in [7, 11) is 0. The van der Waals surface area contributed by atoms with Gasteiger partial charge in [-0.05, 0) is 28.7 Å². The van der Waals surface area contributed by atoms with Crippen LogP contribution >= 0.6 is 0 Å². The summed E-state index contributed by atoms with van der Waals surface area (Å²) in [6.07, 6.45) is 1.18. The first-order valence-corrected chi connectivity index (χ1v) is 11.6. The van der Waals surface area contributed by atoms with E-state index in [2.05, 4.69) is 27.4 Å². The Bertz CT molecular complexity index is 1220. The molecule has 2 aliphatic rings. The van der Waals surface area contributed by atoms with Crippen LogP contribution in [0.15, 0.2) is 54.9 Å². The third-order valence-corrected chi connectivity index (χ3v) is 6.67. The van der Waals surface area contributed by atoms with Gasteiger partial charge in [0.1, 0.15) is 12.6 Å². The number of fused-ring (bicyclic) bond motifs is 4. The van der Waals surface area contributed by atoms with Crippen molar-refractivity contribution in [3.05, 3.63) is 77.4 Å². The first-order valence-electron chi connectivity index (χ1n) is 11.6. The number of carboxylic acid groups (broad SMARTS) is 1. The molecule has 2 amide bonds. The van der Waals surface area contributed by atoms with Gasteiger partial charge in [-0.1, -0.05) is 48.5 Å². The number of nitrogens with zero attached hydrogens (tertiary/aromatic N) is 2. The Labute approximate surface area is 202 Å². The molecule has 5 rings (SSSR count). The number of H-pyrrole nitrogens is 1. The van der Waals surface area contributed by atoms with Crippen LogP contribution in [0.25, 0.3) is 11.1 Å². The Kier molecular flexibility index (Phi) is 6.22. The van der Waals surface area contributed by atoms with E-state index in [1.807, 2.05) is 36.4 Å². The Morgan fingerprint density at radius 2 is 1.80 bits per heavy atom. The molecule has 2 aromatic carbocycles. The van der Waals surface area contributed by atoms with E-state index >= 15 is 0 Å². The lowest BCUT2D eigenvalue weighted by atomic mass is 9.98. The Balaban J connectivity index is 1.26. The fourth-order valence-electron chi connectivity index (χ4n) is 4.93. The maximum atomic E-state index is 13.2. The molecule has 0 fully saturated rings. The van der Waals surface area contributed by atoms with Gasteiger partial charge >= 0.3 is 12.1 Å². The summed E-state index contributed by atoms with van der Waals surface area (Å²) in [5.41, 5.74) is 6.18. The number of carboxylic acids is 1. The van der Waals surface area contributed by atoms with Gasteiger partial charge < -0.3 is 25.0 Å². The van der Waals surface area contributed by atoms with Crippen LogP contribution in [-0.2, 0) is 27.3 Å². The van der Waals surface area contributed by atoms with Gasteiger partial charge in [0.2, 0.25) is 5.91 Å². The van der Waals surface area contributed by atoms with E-state index in [9.17, 15) is 14.4 Å². The molecule has 0 spiro atoms. The summed E-state index contributed by atoms with van der Waals surface area (Å²) < 4.78 is 5.57. The Hall–Kier alpha value is -4.14. The number of imidazole rings is 1. The first kappa shape index (κ1) is 22.6. The minimum absolute atomic E-state index is 0.0231.